The normalized spacial score (nSPS) is 16.5. The summed E-state index contributed by atoms with van der Waals surface area (Å²) in [5.74, 6) is 0.583. The maximum atomic E-state index is 12.4. The van der Waals surface area contributed by atoms with Gasteiger partial charge in [-0.25, -0.2) is 4.98 Å². The highest BCUT2D eigenvalue weighted by molar-refractivity contribution is 5.94. The fourth-order valence-corrected chi connectivity index (χ4v) is 3.21. The molecule has 2 aromatic heterocycles. The molecule has 1 N–H and O–H groups in total. The minimum atomic E-state index is -0.110. The van der Waals surface area contributed by atoms with Gasteiger partial charge in [0, 0.05) is 37.5 Å². The Balaban J connectivity index is 1.29. The lowest BCUT2D eigenvalue weighted by atomic mass is 10.2. The predicted molar refractivity (Wildman–Crippen MR) is 102 cm³/mol. The smallest absolute Gasteiger partial charge is 0.251 e. The molecule has 0 aliphatic carbocycles. The van der Waals surface area contributed by atoms with Gasteiger partial charge in [-0.05, 0) is 43.2 Å². The molecular formula is C21H23N3O3. The summed E-state index contributed by atoms with van der Waals surface area (Å²) in [6.07, 6.45) is 6.91. The molecule has 1 unspecified atom stereocenters. The molecule has 1 aromatic carbocycles. The second kappa shape index (κ2) is 8.22. The van der Waals surface area contributed by atoms with E-state index in [-0.39, 0.29) is 12.0 Å². The van der Waals surface area contributed by atoms with E-state index in [1.165, 1.54) is 0 Å². The Morgan fingerprint density at radius 1 is 1.30 bits per heavy atom. The first-order chi connectivity index (χ1) is 13.3. The molecule has 1 saturated heterocycles. The number of amides is 1. The standard InChI is InChI=1S/C21H23N3O3/c25-21(22-10-9-17-14-24-11-2-1-8-20(24)23-17)16-5-3-6-18(13-16)27-15-19-7-4-12-26-19/h1-3,5-6,8,11,13-14,19H,4,7,9-10,12,15H2,(H,22,25). The highest BCUT2D eigenvalue weighted by atomic mass is 16.5. The maximum Gasteiger partial charge on any atom is 0.251 e. The van der Waals surface area contributed by atoms with Gasteiger partial charge < -0.3 is 19.2 Å². The molecule has 0 bridgehead atoms. The van der Waals surface area contributed by atoms with Gasteiger partial charge in [-0.1, -0.05) is 12.1 Å². The van der Waals surface area contributed by atoms with Crippen molar-refractivity contribution >= 4 is 11.6 Å². The largest absolute Gasteiger partial charge is 0.491 e. The van der Waals surface area contributed by atoms with Crippen LogP contribution in [0.3, 0.4) is 0 Å². The molecule has 0 saturated carbocycles. The second-order valence-corrected chi connectivity index (χ2v) is 6.68. The number of benzene rings is 1. The van der Waals surface area contributed by atoms with Gasteiger partial charge in [-0.3, -0.25) is 4.79 Å². The van der Waals surface area contributed by atoms with Gasteiger partial charge in [-0.15, -0.1) is 0 Å². The van der Waals surface area contributed by atoms with Crippen molar-refractivity contribution in [3.63, 3.8) is 0 Å². The summed E-state index contributed by atoms with van der Waals surface area (Å²) < 4.78 is 13.3. The van der Waals surface area contributed by atoms with E-state index in [1.54, 1.807) is 12.1 Å². The molecule has 1 atom stereocenters. The fourth-order valence-electron chi connectivity index (χ4n) is 3.21. The average Bonchev–Trinajstić information content (AvgIpc) is 3.35. The molecule has 1 aliphatic rings. The van der Waals surface area contributed by atoms with Crippen LogP contribution in [-0.4, -0.2) is 41.2 Å². The summed E-state index contributed by atoms with van der Waals surface area (Å²) in [5.41, 5.74) is 2.46. The predicted octanol–water partition coefficient (Wildman–Crippen LogP) is 2.86. The fraction of sp³-hybridized carbons (Fsp3) is 0.333. The molecule has 4 rings (SSSR count). The van der Waals surface area contributed by atoms with Crippen molar-refractivity contribution in [3.8, 4) is 5.75 Å². The molecule has 1 amide bonds. The van der Waals surface area contributed by atoms with E-state index < -0.39 is 0 Å². The third-order valence-corrected chi connectivity index (χ3v) is 4.64. The van der Waals surface area contributed by atoms with Crippen LogP contribution in [0.5, 0.6) is 5.75 Å². The zero-order valence-corrected chi connectivity index (χ0v) is 15.1. The van der Waals surface area contributed by atoms with Gasteiger partial charge in [-0.2, -0.15) is 0 Å². The van der Waals surface area contributed by atoms with Gasteiger partial charge in [0.1, 0.15) is 18.0 Å². The number of carbonyl (C=O) groups is 1. The average molecular weight is 365 g/mol. The lowest BCUT2D eigenvalue weighted by Crippen LogP contribution is -2.25. The number of pyridine rings is 1. The van der Waals surface area contributed by atoms with Crippen LogP contribution in [-0.2, 0) is 11.2 Å². The Bertz CT molecular complexity index is 883. The van der Waals surface area contributed by atoms with Crippen LogP contribution in [0.25, 0.3) is 5.65 Å². The molecular weight excluding hydrogens is 342 g/mol. The van der Waals surface area contributed by atoms with E-state index in [0.717, 1.165) is 30.8 Å². The number of rotatable bonds is 7. The Labute approximate surface area is 158 Å². The van der Waals surface area contributed by atoms with Crippen molar-refractivity contribution in [2.45, 2.75) is 25.4 Å². The number of fused-ring (bicyclic) bond motifs is 1. The lowest BCUT2D eigenvalue weighted by Gasteiger charge is -2.12. The summed E-state index contributed by atoms with van der Waals surface area (Å²) in [4.78, 5) is 16.9. The number of ether oxygens (including phenoxy) is 2. The van der Waals surface area contributed by atoms with E-state index in [1.807, 2.05) is 47.1 Å². The number of nitrogens with one attached hydrogen (secondary N) is 1. The van der Waals surface area contributed by atoms with Crippen LogP contribution in [0.15, 0.2) is 54.9 Å². The Kier molecular flexibility index (Phi) is 5.34. The molecule has 1 aliphatic heterocycles. The minimum absolute atomic E-state index is 0.110. The minimum Gasteiger partial charge on any atom is -0.491 e. The zero-order valence-electron chi connectivity index (χ0n) is 15.1. The molecule has 27 heavy (non-hydrogen) atoms. The van der Waals surface area contributed by atoms with Crippen molar-refractivity contribution in [2.75, 3.05) is 19.8 Å². The van der Waals surface area contributed by atoms with Crippen LogP contribution >= 0.6 is 0 Å². The van der Waals surface area contributed by atoms with E-state index in [2.05, 4.69) is 10.3 Å². The van der Waals surface area contributed by atoms with Crippen molar-refractivity contribution in [2.24, 2.45) is 0 Å². The number of aromatic nitrogens is 2. The van der Waals surface area contributed by atoms with E-state index in [4.69, 9.17) is 9.47 Å². The summed E-state index contributed by atoms with van der Waals surface area (Å²) in [7, 11) is 0. The lowest BCUT2D eigenvalue weighted by molar-refractivity contribution is 0.0679. The molecule has 6 heteroatoms. The third-order valence-electron chi connectivity index (χ3n) is 4.64. The Hall–Kier alpha value is -2.86. The highest BCUT2D eigenvalue weighted by Crippen LogP contribution is 2.17. The van der Waals surface area contributed by atoms with Gasteiger partial charge >= 0.3 is 0 Å². The topological polar surface area (TPSA) is 64.9 Å². The summed E-state index contributed by atoms with van der Waals surface area (Å²) in [5, 5.41) is 2.95. The van der Waals surface area contributed by atoms with Crippen LogP contribution in [0.1, 0.15) is 28.9 Å². The molecule has 1 fully saturated rings. The number of nitrogens with zero attached hydrogens (tertiary/aromatic N) is 2. The van der Waals surface area contributed by atoms with Crippen LogP contribution < -0.4 is 10.1 Å². The number of hydrogen-bond donors (Lipinski definition) is 1. The van der Waals surface area contributed by atoms with E-state index >= 15 is 0 Å². The third kappa shape index (κ3) is 4.46. The van der Waals surface area contributed by atoms with Crippen LogP contribution in [0.2, 0.25) is 0 Å². The van der Waals surface area contributed by atoms with Crippen molar-refractivity contribution in [1.29, 1.82) is 0 Å². The summed E-state index contributed by atoms with van der Waals surface area (Å²) in [6, 6.07) is 13.2. The van der Waals surface area contributed by atoms with Gasteiger partial charge in [0.25, 0.3) is 5.91 Å². The first kappa shape index (κ1) is 17.5. The first-order valence-corrected chi connectivity index (χ1v) is 9.33. The van der Waals surface area contributed by atoms with Crippen LogP contribution in [0.4, 0.5) is 0 Å². The van der Waals surface area contributed by atoms with Crippen molar-refractivity contribution in [3.05, 3.63) is 66.1 Å². The summed E-state index contributed by atoms with van der Waals surface area (Å²) >= 11 is 0. The number of hydrogen-bond acceptors (Lipinski definition) is 4. The summed E-state index contributed by atoms with van der Waals surface area (Å²) in [6.45, 7) is 1.87. The molecule has 3 heterocycles. The maximum absolute atomic E-state index is 12.4. The van der Waals surface area contributed by atoms with Crippen molar-refractivity contribution in [1.82, 2.24) is 14.7 Å². The molecule has 0 radical (unpaired) electrons. The molecule has 6 nitrogen and oxygen atoms in total. The highest BCUT2D eigenvalue weighted by Gasteiger charge is 2.16. The van der Waals surface area contributed by atoms with E-state index in [0.29, 0.717) is 30.9 Å². The van der Waals surface area contributed by atoms with Crippen LogP contribution in [0, 0.1) is 0 Å². The molecule has 3 aromatic rings. The zero-order chi connectivity index (χ0) is 18.5. The SMILES string of the molecule is O=C(NCCc1cn2ccccc2n1)c1cccc(OCC2CCCO2)c1. The van der Waals surface area contributed by atoms with Gasteiger partial charge in [0.15, 0.2) is 0 Å². The quantitative estimate of drug-likeness (QED) is 0.699. The molecule has 0 spiro atoms. The number of carbonyl (C=O) groups excluding carboxylic acids is 1. The second-order valence-electron chi connectivity index (χ2n) is 6.68. The number of imidazole rings is 1. The van der Waals surface area contributed by atoms with Gasteiger partial charge in [0.2, 0.25) is 0 Å². The Morgan fingerprint density at radius 2 is 2.26 bits per heavy atom. The molecule has 140 valence electrons. The van der Waals surface area contributed by atoms with Crippen molar-refractivity contribution < 1.29 is 14.3 Å². The first-order valence-electron chi connectivity index (χ1n) is 9.33. The van der Waals surface area contributed by atoms with E-state index in [9.17, 15) is 4.79 Å². The Morgan fingerprint density at radius 3 is 3.11 bits per heavy atom. The monoisotopic (exact) mass is 365 g/mol. The van der Waals surface area contributed by atoms with Gasteiger partial charge in [0.05, 0.1) is 11.8 Å².